The molecule has 1 saturated heterocycles. The molecule has 0 aromatic heterocycles. The van der Waals surface area contributed by atoms with Gasteiger partial charge in [-0.2, -0.15) is 0 Å². The first-order chi connectivity index (χ1) is 6.96. The Morgan fingerprint density at radius 2 is 2.27 bits per heavy atom. The van der Waals surface area contributed by atoms with Crippen molar-refractivity contribution >= 4 is 0 Å². The minimum atomic E-state index is -0.00861. The zero-order valence-corrected chi connectivity index (χ0v) is 10.5. The summed E-state index contributed by atoms with van der Waals surface area (Å²) in [5.41, 5.74) is 0.0664. The molecule has 1 heterocycles. The van der Waals surface area contributed by atoms with Gasteiger partial charge in [-0.05, 0) is 26.7 Å². The van der Waals surface area contributed by atoms with Crippen LogP contribution in [-0.4, -0.2) is 36.5 Å². The lowest BCUT2D eigenvalue weighted by molar-refractivity contribution is 0.0741. The first-order valence-corrected chi connectivity index (χ1v) is 5.93. The molecule has 1 aliphatic heterocycles. The van der Waals surface area contributed by atoms with Crippen LogP contribution in [-0.2, 0) is 4.74 Å². The average Bonchev–Trinajstić information content (AvgIpc) is 2.57. The van der Waals surface area contributed by atoms with E-state index in [9.17, 15) is 5.11 Å². The van der Waals surface area contributed by atoms with Crippen molar-refractivity contribution in [1.82, 2.24) is 5.32 Å². The Morgan fingerprint density at radius 1 is 1.60 bits per heavy atom. The van der Waals surface area contributed by atoms with Crippen LogP contribution in [0.4, 0.5) is 0 Å². The summed E-state index contributed by atoms with van der Waals surface area (Å²) in [6.45, 7) is 10.5. The highest BCUT2D eigenvalue weighted by Gasteiger charge is 2.37. The molecule has 15 heavy (non-hydrogen) atoms. The van der Waals surface area contributed by atoms with E-state index in [2.05, 4.69) is 33.0 Å². The topological polar surface area (TPSA) is 41.5 Å². The molecule has 1 aliphatic rings. The first-order valence-electron chi connectivity index (χ1n) is 5.93. The van der Waals surface area contributed by atoms with Gasteiger partial charge in [-0.25, -0.2) is 0 Å². The lowest BCUT2D eigenvalue weighted by atomic mass is 9.86. The standard InChI is InChI=1S/C12H25NO2/c1-5-11(3,9-14)8-13-12(4)6-7-15-10(12)2/h10,13-14H,5-9H2,1-4H3. The number of rotatable bonds is 5. The van der Waals surface area contributed by atoms with Crippen LogP contribution in [0.25, 0.3) is 0 Å². The summed E-state index contributed by atoms with van der Waals surface area (Å²) < 4.78 is 5.58. The predicted octanol–water partition coefficient (Wildman–Crippen LogP) is 1.55. The Balaban J connectivity index is 2.48. The number of hydrogen-bond acceptors (Lipinski definition) is 3. The fourth-order valence-electron chi connectivity index (χ4n) is 1.78. The van der Waals surface area contributed by atoms with Gasteiger partial charge in [-0.15, -0.1) is 0 Å². The average molecular weight is 215 g/mol. The van der Waals surface area contributed by atoms with E-state index in [1.54, 1.807) is 0 Å². The minimum absolute atomic E-state index is 0.00861. The summed E-state index contributed by atoms with van der Waals surface area (Å²) in [5, 5.41) is 12.9. The molecule has 0 amide bonds. The van der Waals surface area contributed by atoms with E-state index in [0.29, 0.717) is 0 Å². The normalized spacial score (nSPS) is 35.4. The molecule has 0 aliphatic carbocycles. The van der Waals surface area contributed by atoms with Gasteiger partial charge in [0.2, 0.25) is 0 Å². The molecule has 2 N–H and O–H groups in total. The number of aliphatic hydroxyl groups excluding tert-OH is 1. The van der Waals surface area contributed by atoms with Crippen LogP contribution < -0.4 is 5.32 Å². The van der Waals surface area contributed by atoms with Gasteiger partial charge >= 0.3 is 0 Å². The van der Waals surface area contributed by atoms with E-state index in [1.807, 2.05) is 0 Å². The van der Waals surface area contributed by atoms with Crippen LogP contribution >= 0.6 is 0 Å². The van der Waals surface area contributed by atoms with Crippen molar-refractivity contribution in [3.05, 3.63) is 0 Å². The second-order valence-corrected chi connectivity index (χ2v) is 5.36. The van der Waals surface area contributed by atoms with Crippen molar-refractivity contribution in [1.29, 1.82) is 0 Å². The number of ether oxygens (including phenoxy) is 1. The summed E-state index contributed by atoms with van der Waals surface area (Å²) in [7, 11) is 0. The molecular weight excluding hydrogens is 190 g/mol. The third-order valence-electron chi connectivity index (χ3n) is 4.04. The van der Waals surface area contributed by atoms with Crippen LogP contribution in [0.3, 0.4) is 0 Å². The van der Waals surface area contributed by atoms with Gasteiger partial charge in [-0.3, -0.25) is 0 Å². The minimum Gasteiger partial charge on any atom is -0.396 e. The Kier molecular flexibility index (Phi) is 4.15. The lowest BCUT2D eigenvalue weighted by Crippen LogP contribution is -2.51. The molecule has 0 saturated carbocycles. The molecule has 3 atom stereocenters. The van der Waals surface area contributed by atoms with Crippen LogP contribution in [0.2, 0.25) is 0 Å². The Bertz CT molecular complexity index is 204. The smallest absolute Gasteiger partial charge is 0.0726 e. The van der Waals surface area contributed by atoms with Crippen LogP contribution in [0.5, 0.6) is 0 Å². The molecule has 0 radical (unpaired) electrons. The van der Waals surface area contributed by atoms with Crippen molar-refractivity contribution in [3.8, 4) is 0 Å². The summed E-state index contributed by atoms with van der Waals surface area (Å²) in [5.74, 6) is 0. The quantitative estimate of drug-likeness (QED) is 0.731. The summed E-state index contributed by atoms with van der Waals surface area (Å²) in [6, 6.07) is 0. The summed E-state index contributed by atoms with van der Waals surface area (Å²) >= 11 is 0. The molecule has 90 valence electrons. The van der Waals surface area contributed by atoms with Crippen LogP contribution in [0, 0.1) is 5.41 Å². The van der Waals surface area contributed by atoms with Crippen molar-refractivity contribution in [3.63, 3.8) is 0 Å². The fraction of sp³-hybridized carbons (Fsp3) is 1.00. The maximum atomic E-state index is 9.34. The van der Waals surface area contributed by atoms with Gasteiger partial charge < -0.3 is 15.2 Å². The highest BCUT2D eigenvalue weighted by atomic mass is 16.5. The number of nitrogens with one attached hydrogen (secondary N) is 1. The summed E-state index contributed by atoms with van der Waals surface area (Å²) in [4.78, 5) is 0. The Labute approximate surface area is 93.2 Å². The number of aliphatic hydroxyl groups is 1. The number of hydrogen-bond donors (Lipinski definition) is 2. The van der Waals surface area contributed by atoms with E-state index in [4.69, 9.17) is 4.74 Å². The van der Waals surface area contributed by atoms with Gasteiger partial charge in [0.25, 0.3) is 0 Å². The SMILES string of the molecule is CCC(C)(CO)CNC1(C)CCOC1C. The molecule has 3 nitrogen and oxygen atoms in total. The second-order valence-electron chi connectivity index (χ2n) is 5.36. The van der Waals surface area contributed by atoms with Gasteiger partial charge in [0.05, 0.1) is 6.10 Å². The molecule has 3 unspecified atom stereocenters. The van der Waals surface area contributed by atoms with Gasteiger partial charge in [0.15, 0.2) is 0 Å². The van der Waals surface area contributed by atoms with Crippen molar-refractivity contribution in [2.24, 2.45) is 5.41 Å². The highest BCUT2D eigenvalue weighted by Crippen LogP contribution is 2.27. The molecule has 1 rings (SSSR count). The van der Waals surface area contributed by atoms with E-state index < -0.39 is 0 Å². The lowest BCUT2D eigenvalue weighted by Gasteiger charge is -2.35. The molecule has 1 fully saturated rings. The molecule has 0 aromatic rings. The fourth-order valence-corrected chi connectivity index (χ4v) is 1.78. The maximum Gasteiger partial charge on any atom is 0.0726 e. The van der Waals surface area contributed by atoms with Crippen LogP contribution in [0.15, 0.2) is 0 Å². The molecule has 3 heteroatoms. The largest absolute Gasteiger partial charge is 0.396 e. The zero-order chi connectivity index (χ0) is 11.5. The van der Waals surface area contributed by atoms with E-state index >= 15 is 0 Å². The molecule has 0 aromatic carbocycles. The third-order valence-corrected chi connectivity index (χ3v) is 4.04. The van der Waals surface area contributed by atoms with Crippen LogP contribution in [0.1, 0.15) is 40.5 Å². The van der Waals surface area contributed by atoms with E-state index in [-0.39, 0.29) is 23.7 Å². The molecule has 0 bridgehead atoms. The second kappa shape index (κ2) is 4.81. The molecular formula is C12H25NO2. The summed E-state index contributed by atoms with van der Waals surface area (Å²) in [6.07, 6.45) is 2.30. The molecule has 0 spiro atoms. The van der Waals surface area contributed by atoms with Gasteiger partial charge in [0.1, 0.15) is 0 Å². The zero-order valence-electron chi connectivity index (χ0n) is 10.5. The van der Waals surface area contributed by atoms with E-state index in [1.165, 1.54) is 0 Å². The van der Waals surface area contributed by atoms with Crippen molar-refractivity contribution in [2.75, 3.05) is 19.8 Å². The van der Waals surface area contributed by atoms with E-state index in [0.717, 1.165) is 26.0 Å². The monoisotopic (exact) mass is 215 g/mol. The maximum absolute atomic E-state index is 9.34. The first kappa shape index (κ1) is 12.9. The van der Waals surface area contributed by atoms with Crippen molar-refractivity contribution in [2.45, 2.75) is 52.2 Å². The Morgan fingerprint density at radius 3 is 2.67 bits per heavy atom. The van der Waals surface area contributed by atoms with Gasteiger partial charge in [0, 0.05) is 30.7 Å². The third kappa shape index (κ3) is 2.92. The highest BCUT2D eigenvalue weighted by molar-refractivity contribution is 4.95. The predicted molar refractivity (Wildman–Crippen MR) is 61.9 cm³/mol. The van der Waals surface area contributed by atoms with Crippen molar-refractivity contribution < 1.29 is 9.84 Å². The Hall–Kier alpha value is -0.120. The van der Waals surface area contributed by atoms with Gasteiger partial charge in [-0.1, -0.05) is 13.8 Å².